The van der Waals surface area contributed by atoms with E-state index in [2.05, 4.69) is 22.5 Å². The fraction of sp³-hybridized carbons (Fsp3) is 0.455. The van der Waals surface area contributed by atoms with Gasteiger partial charge >= 0.3 is 0 Å². The van der Waals surface area contributed by atoms with Crippen molar-refractivity contribution in [3.63, 3.8) is 0 Å². The van der Waals surface area contributed by atoms with E-state index in [-0.39, 0.29) is 6.04 Å². The third-order valence-electron chi connectivity index (χ3n) is 5.69. The molecule has 168 valence electrons. The number of nitrogens with one attached hydrogen (secondary N) is 3. The number of hydrogen-bond donors (Lipinski definition) is 3. The Balaban J connectivity index is 1.56. The number of aryl methyl sites for hydroxylation is 1. The summed E-state index contributed by atoms with van der Waals surface area (Å²) in [5.74, 6) is -1.43. The molecule has 0 saturated heterocycles. The number of sulfonamides is 1. The first-order valence-corrected chi connectivity index (χ1v) is 12.1. The lowest BCUT2D eigenvalue weighted by atomic mass is 9.88. The van der Waals surface area contributed by atoms with Crippen molar-refractivity contribution in [1.29, 1.82) is 0 Å². The molecular weight excluding hydrogens is 416 g/mol. The molecule has 0 aliphatic heterocycles. The Bertz CT molecular complexity index is 1040. The van der Waals surface area contributed by atoms with Crippen LogP contribution < -0.4 is 15.6 Å². The molecule has 3 N–H and O–H groups in total. The second-order valence-corrected chi connectivity index (χ2v) is 10.0. The van der Waals surface area contributed by atoms with Crippen molar-refractivity contribution in [2.75, 3.05) is 5.75 Å². The summed E-state index contributed by atoms with van der Waals surface area (Å²) in [6, 6.07) is 11.2. The van der Waals surface area contributed by atoms with Crippen LogP contribution in [0.3, 0.4) is 0 Å². The third kappa shape index (κ3) is 5.95. The normalized spacial score (nSPS) is 19.1. The number of carbonyl (C=O) groups is 2. The average Bonchev–Trinajstić information content (AvgIpc) is 3.02. The smallest absolute Gasteiger partial charge is 0.271 e. The fourth-order valence-corrected chi connectivity index (χ4v) is 5.29. The Labute approximate surface area is 183 Å². The highest BCUT2D eigenvalue weighted by Crippen LogP contribution is 2.24. The molecule has 1 aliphatic rings. The zero-order valence-corrected chi connectivity index (χ0v) is 19.0. The van der Waals surface area contributed by atoms with Gasteiger partial charge in [-0.3, -0.25) is 20.4 Å². The van der Waals surface area contributed by atoms with Crippen molar-refractivity contribution < 1.29 is 18.0 Å². The number of carbonyl (C=O) groups excluding carboxylic acids is 2. The van der Waals surface area contributed by atoms with E-state index in [0.717, 1.165) is 42.8 Å². The second kappa shape index (κ2) is 9.65. The summed E-state index contributed by atoms with van der Waals surface area (Å²) in [7, 11) is -3.77. The lowest BCUT2D eigenvalue weighted by molar-refractivity contribution is -0.119. The van der Waals surface area contributed by atoms with Gasteiger partial charge in [0, 0.05) is 23.1 Å². The quantitative estimate of drug-likeness (QED) is 0.592. The maximum absolute atomic E-state index is 12.6. The highest BCUT2D eigenvalue weighted by molar-refractivity contribution is 7.90. The first-order valence-electron chi connectivity index (χ1n) is 10.5. The van der Waals surface area contributed by atoms with Crippen LogP contribution >= 0.6 is 0 Å². The Morgan fingerprint density at radius 2 is 1.68 bits per heavy atom. The first-order chi connectivity index (χ1) is 14.7. The molecule has 0 unspecified atom stereocenters. The average molecular weight is 447 g/mol. The van der Waals surface area contributed by atoms with E-state index in [1.165, 1.54) is 0 Å². The van der Waals surface area contributed by atoms with Crippen LogP contribution in [-0.4, -0.2) is 36.6 Å². The predicted octanol–water partition coefficient (Wildman–Crippen LogP) is 2.35. The maximum atomic E-state index is 12.6. The topological polar surface area (TPSA) is 109 Å². The van der Waals surface area contributed by atoms with Crippen LogP contribution in [0.2, 0.25) is 0 Å². The van der Waals surface area contributed by atoms with Crippen molar-refractivity contribution in [2.24, 2.45) is 5.92 Å². The Hall–Kier alpha value is -2.65. The number of benzene rings is 1. The number of aromatic nitrogens is 1. The van der Waals surface area contributed by atoms with E-state index in [0.29, 0.717) is 11.5 Å². The Morgan fingerprint density at radius 1 is 1.03 bits per heavy atom. The molecule has 0 bridgehead atoms. The lowest BCUT2D eigenvalue weighted by Gasteiger charge is -2.26. The largest absolute Gasteiger partial charge is 0.318 e. The summed E-state index contributed by atoms with van der Waals surface area (Å²) < 4.78 is 29.1. The van der Waals surface area contributed by atoms with Crippen molar-refractivity contribution >= 4 is 21.8 Å². The van der Waals surface area contributed by atoms with E-state index in [9.17, 15) is 18.0 Å². The van der Waals surface area contributed by atoms with Gasteiger partial charge in [-0.2, -0.15) is 0 Å². The molecule has 1 aromatic carbocycles. The van der Waals surface area contributed by atoms with E-state index < -0.39 is 27.6 Å². The van der Waals surface area contributed by atoms with Gasteiger partial charge in [-0.25, -0.2) is 13.1 Å². The number of nitrogens with zero attached hydrogens (tertiary/aromatic N) is 1. The molecule has 2 aromatic rings. The van der Waals surface area contributed by atoms with E-state index in [1.807, 2.05) is 48.7 Å². The summed E-state index contributed by atoms with van der Waals surface area (Å²) >= 11 is 0. The molecule has 1 fully saturated rings. The summed E-state index contributed by atoms with van der Waals surface area (Å²) in [5.41, 5.74) is 7.45. The first kappa shape index (κ1) is 23.0. The van der Waals surface area contributed by atoms with Crippen LogP contribution in [0.5, 0.6) is 0 Å². The number of para-hydroxylation sites is 1. The van der Waals surface area contributed by atoms with Crippen LogP contribution in [0, 0.1) is 19.8 Å². The van der Waals surface area contributed by atoms with E-state index >= 15 is 0 Å². The van der Waals surface area contributed by atoms with Gasteiger partial charge in [0.15, 0.2) is 0 Å². The second-order valence-electron chi connectivity index (χ2n) is 8.29. The molecule has 3 rings (SSSR count). The van der Waals surface area contributed by atoms with Gasteiger partial charge in [-0.05, 0) is 63.6 Å². The number of rotatable bonds is 6. The van der Waals surface area contributed by atoms with Gasteiger partial charge in [0.05, 0.1) is 5.56 Å². The van der Waals surface area contributed by atoms with Crippen LogP contribution in [0.1, 0.15) is 54.4 Å². The summed E-state index contributed by atoms with van der Waals surface area (Å²) in [5, 5.41) is 0. The predicted molar refractivity (Wildman–Crippen MR) is 119 cm³/mol. The SMILES string of the molecule is Cc1cc(C(=O)NNC(=O)CS(=O)(=O)NC2CCC(C)CC2)c(C)n1-c1ccccc1. The minimum absolute atomic E-state index is 0.132. The van der Waals surface area contributed by atoms with Crippen molar-refractivity contribution in [3.8, 4) is 5.69 Å². The van der Waals surface area contributed by atoms with E-state index in [4.69, 9.17) is 0 Å². The standard InChI is InChI=1S/C22H30N4O4S/c1-15-9-11-18(12-10-15)25-31(29,30)14-21(27)23-24-22(28)20-13-16(2)26(17(20)3)19-7-5-4-6-8-19/h4-8,13,15,18,25H,9-12,14H2,1-3H3,(H,23,27)(H,24,28). The van der Waals surface area contributed by atoms with Gasteiger partial charge < -0.3 is 4.57 Å². The molecule has 1 aromatic heterocycles. The van der Waals surface area contributed by atoms with Gasteiger partial charge in [0.2, 0.25) is 10.0 Å². The van der Waals surface area contributed by atoms with Crippen LogP contribution in [-0.2, 0) is 14.8 Å². The fourth-order valence-electron chi connectivity index (χ4n) is 4.04. The van der Waals surface area contributed by atoms with Gasteiger partial charge in [0.1, 0.15) is 5.75 Å². The zero-order valence-electron chi connectivity index (χ0n) is 18.1. The molecule has 8 nitrogen and oxygen atoms in total. The highest BCUT2D eigenvalue weighted by atomic mass is 32.2. The molecular formula is C22H30N4O4S. The van der Waals surface area contributed by atoms with E-state index in [1.54, 1.807) is 6.07 Å². The molecule has 1 saturated carbocycles. The van der Waals surface area contributed by atoms with Gasteiger partial charge in [-0.1, -0.05) is 25.1 Å². The minimum Gasteiger partial charge on any atom is -0.318 e. The number of hydrogen-bond acceptors (Lipinski definition) is 4. The highest BCUT2D eigenvalue weighted by Gasteiger charge is 2.25. The Kier molecular flexibility index (Phi) is 7.17. The lowest BCUT2D eigenvalue weighted by Crippen LogP contribution is -2.47. The summed E-state index contributed by atoms with van der Waals surface area (Å²) in [4.78, 5) is 24.7. The zero-order chi connectivity index (χ0) is 22.6. The Morgan fingerprint density at radius 3 is 2.32 bits per heavy atom. The molecule has 31 heavy (non-hydrogen) atoms. The third-order valence-corrected chi connectivity index (χ3v) is 7.02. The monoisotopic (exact) mass is 446 g/mol. The van der Waals surface area contributed by atoms with Crippen molar-refractivity contribution in [3.05, 3.63) is 53.3 Å². The van der Waals surface area contributed by atoms with Crippen LogP contribution in [0.25, 0.3) is 5.69 Å². The minimum atomic E-state index is -3.77. The molecule has 0 atom stereocenters. The van der Waals surface area contributed by atoms with Gasteiger partial charge in [-0.15, -0.1) is 0 Å². The molecule has 2 amide bonds. The van der Waals surface area contributed by atoms with Crippen molar-refractivity contribution in [2.45, 2.75) is 52.5 Å². The molecule has 9 heteroatoms. The van der Waals surface area contributed by atoms with Gasteiger partial charge in [0.25, 0.3) is 11.8 Å². The molecule has 1 heterocycles. The number of hydrazine groups is 1. The number of amides is 2. The molecule has 0 radical (unpaired) electrons. The van der Waals surface area contributed by atoms with Crippen LogP contribution in [0.4, 0.5) is 0 Å². The molecule has 0 spiro atoms. The van der Waals surface area contributed by atoms with Crippen molar-refractivity contribution in [1.82, 2.24) is 20.1 Å². The summed E-state index contributed by atoms with van der Waals surface area (Å²) in [6.07, 6.45) is 3.49. The maximum Gasteiger partial charge on any atom is 0.271 e. The molecule has 1 aliphatic carbocycles. The summed E-state index contributed by atoms with van der Waals surface area (Å²) in [6.45, 7) is 5.86. The van der Waals surface area contributed by atoms with Crippen LogP contribution in [0.15, 0.2) is 36.4 Å².